The lowest BCUT2D eigenvalue weighted by molar-refractivity contribution is 0.0529. The molecule has 1 aromatic carbocycles. The molecule has 0 N–H and O–H groups in total. The van der Waals surface area contributed by atoms with Crippen molar-refractivity contribution in [1.29, 1.82) is 0 Å². The lowest BCUT2D eigenvalue weighted by Gasteiger charge is -2.01. The molecule has 0 spiro atoms. The third kappa shape index (κ3) is 1.58. The number of hydrogen-bond acceptors (Lipinski definition) is 6. The molecule has 5 nitrogen and oxygen atoms in total. The minimum absolute atomic E-state index is 0.172. The Balaban J connectivity index is 2.32. The van der Waals surface area contributed by atoms with Gasteiger partial charge in [-0.05, 0) is 19.1 Å². The molecule has 0 unspecified atom stereocenters. The van der Waals surface area contributed by atoms with Crippen molar-refractivity contribution in [3.63, 3.8) is 0 Å². The topological polar surface area (TPSA) is 69.7 Å². The van der Waals surface area contributed by atoms with Gasteiger partial charge in [-0.25, -0.2) is 4.79 Å². The first kappa shape index (κ1) is 12.8. The third-order valence-corrected chi connectivity index (χ3v) is 4.26. The minimum Gasteiger partial charge on any atom is -0.497 e. The average Bonchev–Trinajstić information content (AvgIpc) is 2.94. The van der Waals surface area contributed by atoms with E-state index >= 15 is 0 Å². The van der Waals surface area contributed by atoms with E-state index in [4.69, 9.17) is 9.47 Å². The highest BCUT2D eigenvalue weighted by Gasteiger charge is 2.38. The maximum atomic E-state index is 12.1. The molecule has 0 saturated heterocycles. The van der Waals surface area contributed by atoms with E-state index in [1.54, 1.807) is 13.0 Å². The van der Waals surface area contributed by atoms with E-state index in [9.17, 15) is 14.4 Å². The van der Waals surface area contributed by atoms with Gasteiger partial charge in [-0.1, -0.05) is 0 Å². The third-order valence-electron chi connectivity index (χ3n) is 3.14. The first-order valence-corrected chi connectivity index (χ1v) is 6.80. The molecule has 2 aromatic rings. The van der Waals surface area contributed by atoms with Crippen LogP contribution < -0.4 is 4.74 Å². The second-order valence-corrected chi connectivity index (χ2v) is 5.29. The number of thiophene rings is 1. The first-order chi connectivity index (χ1) is 9.58. The van der Waals surface area contributed by atoms with Gasteiger partial charge in [-0.3, -0.25) is 9.59 Å². The molecule has 0 fully saturated rings. The van der Waals surface area contributed by atoms with Crippen LogP contribution in [-0.4, -0.2) is 31.3 Å². The van der Waals surface area contributed by atoms with E-state index in [2.05, 4.69) is 0 Å². The molecule has 0 atom stereocenters. The van der Waals surface area contributed by atoms with Crippen molar-refractivity contribution >= 4 is 39.0 Å². The van der Waals surface area contributed by atoms with Crippen LogP contribution in [0.25, 0.3) is 10.1 Å². The van der Waals surface area contributed by atoms with Gasteiger partial charge >= 0.3 is 5.97 Å². The predicted molar refractivity (Wildman–Crippen MR) is 73.0 cm³/mol. The molecular formula is C14H10O5S. The van der Waals surface area contributed by atoms with Crippen LogP contribution in [0.4, 0.5) is 0 Å². The number of carbonyl (C=O) groups is 3. The fraction of sp³-hybridized carbons (Fsp3) is 0.214. The number of rotatable bonds is 3. The molecule has 1 heterocycles. The highest BCUT2D eigenvalue weighted by Crippen LogP contribution is 2.41. The van der Waals surface area contributed by atoms with Crippen LogP contribution >= 0.6 is 11.3 Å². The highest BCUT2D eigenvalue weighted by atomic mass is 32.1. The average molecular weight is 290 g/mol. The number of ketones is 2. The second-order valence-electron chi connectivity index (χ2n) is 4.23. The monoisotopic (exact) mass is 290 g/mol. The maximum Gasteiger partial charge on any atom is 0.349 e. The molecule has 0 bridgehead atoms. The van der Waals surface area contributed by atoms with Gasteiger partial charge in [-0.2, -0.15) is 0 Å². The first-order valence-electron chi connectivity index (χ1n) is 5.99. The largest absolute Gasteiger partial charge is 0.497 e. The van der Waals surface area contributed by atoms with Crippen molar-refractivity contribution < 1.29 is 23.9 Å². The van der Waals surface area contributed by atoms with Crippen molar-refractivity contribution in [2.45, 2.75) is 6.92 Å². The second kappa shape index (κ2) is 4.42. The summed E-state index contributed by atoms with van der Waals surface area (Å²) in [6.45, 7) is 1.90. The molecule has 0 saturated carbocycles. The van der Waals surface area contributed by atoms with Gasteiger partial charge in [0.1, 0.15) is 10.6 Å². The summed E-state index contributed by atoms with van der Waals surface area (Å²) in [7, 11) is 1.48. The summed E-state index contributed by atoms with van der Waals surface area (Å²) in [4.78, 5) is 36.2. The molecule has 20 heavy (non-hydrogen) atoms. The van der Waals surface area contributed by atoms with Gasteiger partial charge in [0, 0.05) is 15.6 Å². The zero-order valence-electron chi connectivity index (χ0n) is 10.8. The van der Waals surface area contributed by atoms with Gasteiger partial charge in [0.15, 0.2) is 0 Å². The van der Waals surface area contributed by atoms with E-state index in [1.807, 2.05) is 0 Å². The Morgan fingerprint density at radius 2 is 2.00 bits per heavy atom. The van der Waals surface area contributed by atoms with Crippen molar-refractivity contribution in [1.82, 2.24) is 0 Å². The number of methoxy groups -OCH3 is 1. The minimum atomic E-state index is -0.650. The normalized spacial score (nSPS) is 13.1. The van der Waals surface area contributed by atoms with Crippen LogP contribution in [0.1, 0.15) is 37.3 Å². The number of benzene rings is 1. The van der Waals surface area contributed by atoms with E-state index in [1.165, 1.54) is 13.2 Å². The standard InChI is InChI=1S/C14H10O5S/c1-3-19-14(17)13-10-9-7(11(15)12(10)16)4-6(18-2)5-8(9)20-13/h4-5H,3H2,1-2H3. The number of hydrogen-bond donors (Lipinski definition) is 0. The lowest BCUT2D eigenvalue weighted by atomic mass is 10.1. The summed E-state index contributed by atoms with van der Waals surface area (Å²) in [6, 6.07) is 3.24. The van der Waals surface area contributed by atoms with Gasteiger partial charge in [-0.15, -0.1) is 11.3 Å². The van der Waals surface area contributed by atoms with Crippen LogP contribution in [0.5, 0.6) is 5.75 Å². The Labute approximate surface area is 118 Å². The van der Waals surface area contributed by atoms with E-state index in [0.29, 0.717) is 21.4 Å². The van der Waals surface area contributed by atoms with Gasteiger partial charge in [0.2, 0.25) is 11.6 Å². The van der Waals surface area contributed by atoms with Crippen LogP contribution in [0.3, 0.4) is 0 Å². The molecule has 0 radical (unpaired) electrons. The van der Waals surface area contributed by atoms with Crippen LogP contribution in [-0.2, 0) is 4.74 Å². The van der Waals surface area contributed by atoms with Gasteiger partial charge in [0.25, 0.3) is 0 Å². The molecule has 3 rings (SSSR count). The number of carbonyl (C=O) groups excluding carboxylic acids is 3. The SMILES string of the molecule is CCOC(=O)c1sc2cc(OC)cc3c2c1C(=O)C3=O. The lowest BCUT2D eigenvalue weighted by Crippen LogP contribution is -2.12. The number of Topliss-reactive ketones (excluding diaryl/α,β-unsaturated/α-hetero) is 2. The van der Waals surface area contributed by atoms with E-state index in [0.717, 1.165) is 11.3 Å². The summed E-state index contributed by atoms with van der Waals surface area (Å²) in [6.07, 6.45) is 0. The van der Waals surface area contributed by atoms with Crippen molar-refractivity contribution in [2.75, 3.05) is 13.7 Å². The highest BCUT2D eigenvalue weighted by molar-refractivity contribution is 7.21. The molecular weight excluding hydrogens is 280 g/mol. The Morgan fingerprint density at radius 1 is 1.25 bits per heavy atom. The molecule has 0 amide bonds. The summed E-state index contributed by atoms with van der Waals surface area (Å²) < 4.78 is 10.7. The smallest absolute Gasteiger partial charge is 0.349 e. The summed E-state index contributed by atoms with van der Waals surface area (Å²) in [5.41, 5.74) is 0.470. The maximum absolute atomic E-state index is 12.1. The zero-order chi connectivity index (χ0) is 14.4. The Bertz CT molecular complexity index is 771. The van der Waals surface area contributed by atoms with Crippen LogP contribution in [0.15, 0.2) is 12.1 Å². The van der Waals surface area contributed by atoms with Crippen molar-refractivity contribution in [2.24, 2.45) is 0 Å². The van der Waals surface area contributed by atoms with E-state index < -0.39 is 17.5 Å². The van der Waals surface area contributed by atoms with Crippen molar-refractivity contribution in [3.05, 3.63) is 28.1 Å². The van der Waals surface area contributed by atoms with Crippen LogP contribution in [0.2, 0.25) is 0 Å². The quantitative estimate of drug-likeness (QED) is 0.641. The predicted octanol–water partition coefficient (Wildman–Crippen LogP) is 2.47. The zero-order valence-corrected chi connectivity index (χ0v) is 11.6. The fourth-order valence-electron chi connectivity index (χ4n) is 2.29. The molecule has 1 aliphatic rings. The number of ether oxygens (including phenoxy) is 2. The molecule has 1 aromatic heterocycles. The van der Waals surface area contributed by atoms with Gasteiger partial charge < -0.3 is 9.47 Å². The summed E-state index contributed by atoms with van der Waals surface area (Å²) in [5, 5.41) is 0.536. The molecule has 0 aliphatic heterocycles. The molecule has 102 valence electrons. The Kier molecular flexibility index (Phi) is 2.83. The number of esters is 1. The van der Waals surface area contributed by atoms with Gasteiger partial charge in [0.05, 0.1) is 19.3 Å². The fourth-order valence-corrected chi connectivity index (χ4v) is 3.44. The van der Waals surface area contributed by atoms with Crippen molar-refractivity contribution in [3.8, 4) is 5.75 Å². The summed E-state index contributed by atoms with van der Waals surface area (Å²) in [5.74, 6) is -1.34. The molecule has 1 aliphatic carbocycles. The molecule has 6 heteroatoms. The summed E-state index contributed by atoms with van der Waals surface area (Å²) >= 11 is 1.15. The van der Waals surface area contributed by atoms with Crippen LogP contribution in [0, 0.1) is 0 Å². The Hall–Kier alpha value is -2.21. The Morgan fingerprint density at radius 3 is 2.65 bits per heavy atom. The van der Waals surface area contributed by atoms with E-state index in [-0.39, 0.29) is 17.0 Å².